The van der Waals surface area contributed by atoms with Crippen LogP contribution in [0.15, 0.2) is 18.3 Å². The number of nitrogens with zero attached hydrogens (tertiary/aromatic N) is 3. The summed E-state index contributed by atoms with van der Waals surface area (Å²) in [6.45, 7) is 6.15. The number of primary amides is 1. The average Bonchev–Trinajstić information content (AvgIpc) is 2.93. The Kier molecular flexibility index (Phi) is 4.84. The van der Waals surface area contributed by atoms with E-state index in [1.54, 1.807) is 6.20 Å². The smallest absolute Gasteiger partial charge is 0.269 e. The second kappa shape index (κ2) is 6.88. The number of nitrogens with one attached hydrogen (secondary N) is 1. The Balaban J connectivity index is 1.96. The highest BCUT2D eigenvalue weighted by Crippen LogP contribution is 2.29. The van der Waals surface area contributed by atoms with Crippen molar-refractivity contribution in [2.24, 2.45) is 5.73 Å². The fourth-order valence-electron chi connectivity index (χ4n) is 2.65. The van der Waals surface area contributed by atoms with Crippen LogP contribution in [-0.4, -0.2) is 40.4 Å². The third kappa shape index (κ3) is 3.15. The van der Waals surface area contributed by atoms with Crippen LogP contribution in [0.3, 0.4) is 0 Å². The standard InChI is InChI=1S/C16H20ClN5O2/c1-9(2)14-13(17)15(16(18)23)22(21-14)10-3-4-11(20-7-10)12-8-19-5-6-24-12/h3-4,7,9,12,19H,5-6,8H2,1-2H3,(H2,18,23)/t12-/m1/s1. The van der Waals surface area contributed by atoms with E-state index in [-0.39, 0.29) is 17.7 Å². The van der Waals surface area contributed by atoms with Gasteiger partial charge in [-0.2, -0.15) is 5.10 Å². The lowest BCUT2D eigenvalue weighted by Crippen LogP contribution is -2.33. The molecule has 0 spiro atoms. The molecule has 24 heavy (non-hydrogen) atoms. The van der Waals surface area contributed by atoms with Crippen LogP contribution in [0.2, 0.25) is 5.02 Å². The molecule has 1 fully saturated rings. The second-order valence-corrected chi connectivity index (χ2v) is 6.36. The van der Waals surface area contributed by atoms with Crippen molar-refractivity contribution in [2.75, 3.05) is 19.7 Å². The van der Waals surface area contributed by atoms with E-state index >= 15 is 0 Å². The zero-order chi connectivity index (χ0) is 17.3. The fraction of sp³-hybridized carbons (Fsp3) is 0.438. The molecule has 3 heterocycles. The number of hydrogen-bond acceptors (Lipinski definition) is 5. The van der Waals surface area contributed by atoms with Crippen LogP contribution in [0.5, 0.6) is 0 Å². The number of morpholine rings is 1. The van der Waals surface area contributed by atoms with Crippen LogP contribution >= 0.6 is 11.6 Å². The van der Waals surface area contributed by atoms with E-state index in [1.807, 2.05) is 26.0 Å². The number of hydrogen-bond donors (Lipinski definition) is 2. The Morgan fingerprint density at radius 3 is 2.83 bits per heavy atom. The molecule has 0 aromatic carbocycles. The number of rotatable bonds is 4. The van der Waals surface area contributed by atoms with Crippen molar-refractivity contribution in [3.63, 3.8) is 0 Å². The van der Waals surface area contributed by atoms with Gasteiger partial charge in [-0.05, 0) is 18.1 Å². The Morgan fingerprint density at radius 2 is 2.29 bits per heavy atom. The zero-order valence-electron chi connectivity index (χ0n) is 13.6. The summed E-state index contributed by atoms with van der Waals surface area (Å²) in [6, 6.07) is 3.70. The van der Waals surface area contributed by atoms with Crippen molar-refractivity contribution >= 4 is 17.5 Å². The largest absolute Gasteiger partial charge is 0.369 e. The zero-order valence-corrected chi connectivity index (χ0v) is 14.4. The number of ether oxygens (including phenoxy) is 1. The first-order chi connectivity index (χ1) is 11.5. The van der Waals surface area contributed by atoms with E-state index in [0.29, 0.717) is 23.0 Å². The molecule has 0 saturated carbocycles. The summed E-state index contributed by atoms with van der Waals surface area (Å²) < 4.78 is 7.14. The topological polar surface area (TPSA) is 95.1 Å². The minimum Gasteiger partial charge on any atom is -0.369 e. The van der Waals surface area contributed by atoms with E-state index in [2.05, 4.69) is 15.4 Å². The SMILES string of the molecule is CC(C)c1nn(-c2ccc([C@H]3CNCCO3)nc2)c(C(N)=O)c1Cl. The lowest BCUT2D eigenvalue weighted by Gasteiger charge is -2.23. The molecule has 1 aliphatic rings. The van der Waals surface area contributed by atoms with E-state index in [0.717, 1.165) is 18.8 Å². The molecule has 8 heteroatoms. The first-order valence-corrected chi connectivity index (χ1v) is 8.23. The quantitative estimate of drug-likeness (QED) is 0.877. The van der Waals surface area contributed by atoms with Crippen LogP contribution in [0.4, 0.5) is 0 Å². The van der Waals surface area contributed by atoms with Gasteiger partial charge in [0.15, 0.2) is 5.69 Å². The van der Waals surface area contributed by atoms with Crippen molar-refractivity contribution in [1.82, 2.24) is 20.1 Å². The molecule has 1 aliphatic heterocycles. The Hall–Kier alpha value is -1.96. The van der Waals surface area contributed by atoms with Gasteiger partial charge in [0.1, 0.15) is 6.10 Å². The lowest BCUT2D eigenvalue weighted by molar-refractivity contribution is 0.0250. The van der Waals surface area contributed by atoms with E-state index in [9.17, 15) is 4.79 Å². The lowest BCUT2D eigenvalue weighted by atomic mass is 10.1. The molecule has 0 aliphatic carbocycles. The van der Waals surface area contributed by atoms with Crippen LogP contribution < -0.4 is 11.1 Å². The minimum absolute atomic E-state index is 0.0733. The summed E-state index contributed by atoms with van der Waals surface area (Å²) in [5.74, 6) is -0.547. The number of amides is 1. The van der Waals surface area contributed by atoms with Crippen LogP contribution in [0, 0.1) is 0 Å². The van der Waals surface area contributed by atoms with Gasteiger partial charge in [0.2, 0.25) is 0 Å². The number of aromatic nitrogens is 3. The molecule has 1 atom stereocenters. The molecule has 1 amide bonds. The van der Waals surface area contributed by atoms with Gasteiger partial charge in [0.05, 0.1) is 34.9 Å². The highest BCUT2D eigenvalue weighted by molar-refractivity contribution is 6.34. The van der Waals surface area contributed by atoms with E-state index < -0.39 is 5.91 Å². The maximum atomic E-state index is 11.8. The predicted molar refractivity (Wildman–Crippen MR) is 90.5 cm³/mol. The minimum atomic E-state index is -0.622. The first-order valence-electron chi connectivity index (χ1n) is 7.86. The highest BCUT2D eigenvalue weighted by Gasteiger charge is 2.24. The number of halogens is 1. The third-order valence-electron chi connectivity index (χ3n) is 3.91. The monoisotopic (exact) mass is 349 g/mol. The Labute approximate surface area is 145 Å². The number of nitrogens with two attached hydrogens (primary N) is 1. The van der Waals surface area contributed by atoms with E-state index in [1.165, 1.54) is 4.68 Å². The van der Waals surface area contributed by atoms with Gasteiger partial charge in [0, 0.05) is 13.1 Å². The summed E-state index contributed by atoms with van der Waals surface area (Å²) in [7, 11) is 0. The molecule has 0 unspecified atom stereocenters. The van der Waals surface area contributed by atoms with Crippen LogP contribution in [-0.2, 0) is 4.74 Å². The van der Waals surface area contributed by atoms with Crippen LogP contribution in [0.1, 0.15) is 47.7 Å². The molecule has 1 saturated heterocycles. The van der Waals surface area contributed by atoms with Crippen molar-refractivity contribution in [1.29, 1.82) is 0 Å². The second-order valence-electron chi connectivity index (χ2n) is 5.98. The fourth-order valence-corrected chi connectivity index (χ4v) is 3.08. The van der Waals surface area contributed by atoms with Gasteiger partial charge >= 0.3 is 0 Å². The molecular weight excluding hydrogens is 330 g/mol. The van der Waals surface area contributed by atoms with Crippen molar-refractivity contribution in [3.8, 4) is 5.69 Å². The molecular formula is C16H20ClN5O2. The molecule has 128 valence electrons. The Morgan fingerprint density at radius 1 is 1.50 bits per heavy atom. The third-order valence-corrected chi connectivity index (χ3v) is 4.28. The molecule has 2 aromatic rings. The summed E-state index contributed by atoms with van der Waals surface area (Å²) >= 11 is 6.29. The van der Waals surface area contributed by atoms with Crippen molar-refractivity contribution in [2.45, 2.75) is 25.9 Å². The van der Waals surface area contributed by atoms with Gasteiger partial charge in [0.25, 0.3) is 5.91 Å². The van der Waals surface area contributed by atoms with Gasteiger partial charge in [-0.1, -0.05) is 25.4 Å². The molecule has 0 radical (unpaired) electrons. The molecule has 0 bridgehead atoms. The number of carbonyl (C=O) groups excluding carboxylic acids is 1. The summed E-state index contributed by atoms with van der Waals surface area (Å²) in [4.78, 5) is 16.2. The van der Waals surface area contributed by atoms with Gasteiger partial charge in [-0.25, -0.2) is 4.68 Å². The number of pyridine rings is 1. The number of carbonyl (C=O) groups is 1. The van der Waals surface area contributed by atoms with Gasteiger partial charge in [-0.15, -0.1) is 0 Å². The van der Waals surface area contributed by atoms with Crippen molar-refractivity contribution in [3.05, 3.63) is 40.4 Å². The average molecular weight is 350 g/mol. The normalized spacial score (nSPS) is 18.1. The maximum absolute atomic E-state index is 11.8. The summed E-state index contributed by atoms with van der Waals surface area (Å²) in [5.41, 5.74) is 7.74. The van der Waals surface area contributed by atoms with Gasteiger partial charge in [-0.3, -0.25) is 9.78 Å². The molecule has 3 N–H and O–H groups in total. The Bertz CT molecular complexity index is 736. The summed E-state index contributed by atoms with van der Waals surface area (Å²) in [6.07, 6.45) is 1.57. The molecule has 2 aromatic heterocycles. The highest BCUT2D eigenvalue weighted by atomic mass is 35.5. The van der Waals surface area contributed by atoms with Gasteiger partial charge < -0.3 is 15.8 Å². The molecule has 7 nitrogen and oxygen atoms in total. The van der Waals surface area contributed by atoms with E-state index in [4.69, 9.17) is 22.1 Å². The molecule has 3 rings (SSSR count). The predicted octanol–water partition coefficient (Wildman–Crippen LogP) is 1.80. The van der Waals surface area contributed by atoms with Crippen molar-refractivity contribution < 1.29 is 9.53 Å². The first kappa shape index (κ1) is 16.9. The summed E-state index contributed by atoms with van der Waals surface area (Å²) in [5, 5.41) is 8.00. The maximum Gasteiger partial charge on any atom is 0.269 e. The van der Waals surface area contributed by atoms with Crippen LogP contribution in [0.25, 0.3) is 5.69 Å².